The summed E-state index contributed by atoms with van der Waals surface area (Å²) >= 11 is 2.60. The molecule has 6 nitrogen and oxygen atoms in total. The van der Waals surface area contributed by atoms with Gasteiger partial charge in [0.05, 0.1) is 16.8 Å². The fourth-order valence-electron chi connectivity index (χ4n) is 2.17. The van der Waals surface area contributed by atoms with Gasteiger partial charge in [-0.1, -0.05) is 23.9 Å². The summed E-state index contributed by atoms with van der Waals surface area (Å²) in [5, 5.41) is 1.24. The van der Waals surface area contributed by atoms with Gasteiger partial charge < -0.3 is 17.2 Å². The third kappa shape index (κ3) is 2.36. The van der Waals surface area contributed by atoms with E-state index in [1.807, 2.05) is 24.5 Å². The fraction of sp³-hybridized carbons (Fsp3) is 0.0714. The summed E-state index contributed by atoms with van der Waals surface area (Å²) in [6.07, 6.45) is 1.89. The van der Waals surface area contributed by atoms with Gasteiger partial charge >= 0.3 is 0 Å². The monoisotopic (exact) mass is 331 g/mol. The van der Waals surface area contributed by atoms with Crippen molar-refractivity contribution in [3.8, 4) is 11.3 Å². The molecule has 1 aromatic carbocycles. The van der Waals surface area contributed by atoms with Crippen molar-refractivity contribution in [2.45, 2.75) is 5.16 Å². The number of rotatable bonds is 3. The number of primary amides is 1. The van der Waals surface area contributed by atoms with Crippen molar-refractivity contribution in [1.82, 2.24) is 9.97 Å². The lowest BCUT2D eigenvalue weighted by atomic mass is 10.1. The Morgan fingerprint density at radius 1 is 1.27 bits per heavy atom. The standard InChI is InChI=1S/C14H13N5OS2/c1-21-14-18-10(6-3-2-4-7(15)5-6)8-9(16)11(12(17)20)22-13(8)19-14/h2-5H,15-16H2,1H3,(H2,17,20). The molecule has 0 radical (unpaired) electrons. The summed E-state index contributed by atoms with van der Waals surface area (Å²) in [6, 6.07) is 7.34. The van der Waals surface area contributed by atoms with Gasteiger partial charge in [0.1, 0.15) is 9.71 Å². The number of nitrogen functional groups attached to an aromatic ring is 2. The minimum absolute atomic E-state index is 0.299. The maximum absolute atomic E-state index is 11.5. The van der Waals surface area contributed by atoms with Crippen molar-refractivity contribution in [3.63, 3.8) is 0 Å². The maximum Gasteiger partial charge on any atom is 0.260 e. The molecule has 8 heteroatoms. The Kier molecular flexibility index (Phi) is 3.63. The molecule has 1 amide bonds. The smallest absolute Gasteiger partial charge is 0.260 e. The van der Waals surface area contributed by atoms with Crippen LogP contribution in [0.5, 0.6) is 0 Å². The Labute approximate surface area is 134 Å². The normalized spacial score (nSPS) is 11.0. The van der Waals surface area contributed by atoms with Crippen LogP contribution in [0.1, 0.15) is 9.67 Å². The van der Waals surface area contributed by atoms with Gasteiger partial charge in [0, 0.05) is 11.3 Å². The fourth-order valence-corrected chi connectivity index (χ4v) is 3.54. The zero-order chi connectivity index (χ0) is 15.9. The van der Waals surface area contributed by atoms with E-state index in [9.17, 15) is 4.79 Å². The number of anilines is 2. The highest BCUT2D eigenvalue weighted by Crippen LogP contribution is 2.39. The molecule has 0 spiro atoms. The number of hydrogen-bond acceptors (Lipinski definition) is 7. The molecule has 0 aliphatic carbocycles. The van der Waals surface area contributed by atoms with Gasteiger partial charge in [-0.2, -0.15) is 0 Å². The van der Waals surface area contributed by atoms with Crippen LogP contribution in [0.3, 0.4) is 0 Å². The molecule has 112 valence electrons. The highest BCUT2D eigenvalue weighted by Gasteiger charge is 2.20. The van der Waals surface area contributed by atoms with Crippen molar-refractivity contribution in [1.29, 1.82) is 0 Å². The second-order valence-electron chi connectivity index (χ2n) is 4.57. The lowest BCUT2D eigenvalue weighted by molar-refractivity contribution is 0.100. The number of thioether (sulfide) groups is 1. The number of nitrogens with zero attached hydrogens (tertiary/aromatic N) is 2. The van der Waals surface area contributed by atoms with Crippen LogP contribution in [0, 0.1) is 0 Å². The number of amides is 1. The third-order valence-electron chi connectivity index (χ3n) is 3.13. The minimum Gasteiger partial charge on any atom is -0.399 e. The van der Waals surface area contributed by atoms with Crippen molar-refractivity contribution in [2.24, 2.45) is 5.73 Å². The first-order valence-electron chi connectivity index (χ1n) is 6.31. The van der Waals surface area contributed by atoms with Crippen molar-refractivity contribution < 1.29 is 4.79 Å². The molecule has 3 rings (SSSR count). The van der Waals surface area contributed by atoms with E-state index < -0.39 is 5.91 Å². The van der Waals surface area contributed by atoms with Gasteiger partial charge in [-0.05, 0) is 18.4 Å². The van der Waals surface area contributed by atoms with E-state index in [1.165, 1.54) is 23.1 Å². The number of carbonyl (C=O) groups is 1. The van der Waals surface area contributed by atoms with Crippen molar-refractivity contribution in [2.75, 3.05) is 17.7 Å². The number of hydrogen-bond donors (Lipinski definition) is 3. The predicted molar refractivity (Wildman–Crippen MR) is 92.0 cm³/mol. The Balaban J connectivity index is 2.39. The molecule has 0 saturated carbocycles. The second kappa shape index (κ2) is 5.47. The topological polar surface area (TPSA) is 121 Å². The average molecular weight is 331 g/mol. The number of nitrogens with two attached hydrogens (primary N) is 3. The van der Waals surface area contributed by atoms with Gasteiger partial charge in [0.25, 0.3) is 5.91 Å². The van der Waals surface area contributed by atoms with Crippen LogP contribution in [0.4, 0.5) is 11.4 Å². The molecule has 0 aliphatic heterocycles. The molecule has 0 fully saturated rings. The van der Waals surface area contributed by atoms with Crippen molar-refractivity contribution >= 4 is 50.6 Å². The molecule has 22 heavy (non-hydrogen) atoms. The number of aromatic nitrogens is 2. The summed E-state index contributed by atoms with van der Waals surface area (Å²) < 4.78 is 0. The van der Waals surface area contributed by atoms with E-state index in [4.69, 9.17) is 17.2 Å². The zero-order valence-electron chi connectivity index (χ0n) is 11.7. The van der Waals surface area contributed by atoms with E-state index in [-0.39, 0.29) is 0 Å². The molecular formula is C14H13N5OS2. The number of carbonyl (C=O) groups excluding carboxylic acids is 1. The Morgan fingerprint density at radius 3 is 2.68 bits per heavy atom. The molecule has 0 bridgehead atoms. The zero-order valence-corrected chi connectivity index (χ0v) is 13.3. The highest BCUT2D eigenvalue weighted by molar-refractivity contribution is 7.98. The molecule has 0 aliphatic rings. The SMILES string of the molecule is CSc1nc(-c2cccc(N)c2)c2c(N)c(C(N)=O)sc2n1. The second-order valence-corrected chi connectivity index (χ2v) is 6.35. The van der Waals surface area contributed by atoms with Crippen LogP contribution < -0.4 is 17.2 Å². The quantitative estimate of drug-likeness (QED) is 0.385. The number of fused-ring (bicyclic) bond motifs is 1. The van der Waals surface area contributed by atoms with Crippen LogP contribution in [0.15, 0.2) is 29.4 Å². The summed E-state index contributed by atoms with van der Waals surface area (Å²) in [4.78, 5) is 21.4. The summed E-state index contributed by atoms with van der Waals surface area (Å²) in [5.41, 5.74) is 19.7. The van der Waals surface area contributed by atoms with Crippen molar-refractivity contribution in [3.05, 3.63) is 29.1 Å². The van der Waals surface area contributed by atoms with Crippen LogP contribution in [-0.4, -0.2) is 22.1 Å². The lowest BCUT2D eigenvalue weighted by Gasteiger charge is -2.06. The first-order chi connectivity index (χ1) is 10.5. The van der Waals surface area contributed by atoms with E-state index in [0.29, 0.717) is 37.3 Å². The molecule has 0 atom stereocenters. The summed E-state index contributed by atoms with van der Waals surface area (Å²) in [7, 11) is 0. The lowest BCUT2D eigenvalue weighted by Crippen LogP contribution is -2.10. The van der Waals surface area contributed by atoms with Crippen LogP contribution in [0.2, 0.25) is 0 Å². The Hall–Kier alpha value is -2.32. The van der Waals surface area contributed by atoms with Gasteiger partial charge in [-0.3, -0.25) is 4.79 Å². The molecular weight excluding hydrogens is 318 g/mol. The minimum atomic E-state index is -0.565. The summed E-state index contributed by atoms with van der Waals surface area (Å²) in [5.74, 6) is -0.565. The molecule has 2 aromatic heterocycles. The predicted octanol–water partition coefficient (Wildman–Crippen LogP) is 2.34. The van der Waals surface area contributed by atoms with E-state index in [1.54, 1.807) is 6.07 Å². The number of thiophene rings is 1. The molecule has 2 heterocycles. The first kappa shape index (κ1) is 14.6. The van der Waals surface area contributed by atoms with Gasteiger partial charge in [-0.15, -0.1) is 11.3 Å². The molecule has 0 saturated heterocycles. The third-order valence-corrected chi connectivity index (χ3v) is 4.80. The maximum atomic E-state index is 11.5. The highest BCUT2D eigenvalue weighted by atomic mass is 32.2. The number of benzene rings is 1. The molecule has 6 N–H and O–H groups in total. The van der Waals surface area contributed by atoms with Gasteiger partial charge in [-0.25, -0.2) is 9.97 Å². The van der Waals surface area contributed by atoms with Gasteiger partial charge in [0.2, 0.25) is 0 Å². The van der Waals surface area contributed by atoms with Crippen LogP contribution >= 0.6 is 23.1 Å². The Bertz CT molecular complexity index is 890. The van der Waals surface area contributed by atoms with E-state index in [2.05, 4.69) is 9.97 Å². The summed E-state index contributed by atoms with van der Waals surface area (Å²) in [6.45, 7) is 0. The van der Waals surface area contributed by atoms with E-state index in [0.717, 1.165) is 5.56 Å². The molecule has 3 aromatic rings. The van der Waals surface area contributed by atoms with Gasteiger partial charge in [0.15, 0.2) is 5.16 Å². The Morgan fingerprint density at radius 2 is 2.05 bits per heavy atom. The van der Waals surface area contributed by atoms with E-state index >= 15 is 0 Å². The molecule has 0 unspecified atom stereocenters. The first-order valence-corrected chi connectivity index (χ1v) is 8.35. The van der Waals surface area contributed by atoms with Crippen LogP contribution in [-0.2, 0) is 0 Å². The largest absolute Gasteiger partial charge is 0.399 e. The average Bonchev–Trinajstić information content (AvgIpc) is 2.83. The van der Waals surface area contributed by atoms with Crippen LogP contribution in [0.25, 0.3) is 21.5 Å².